The van der Waals surface area contributed by atoms with E-state index in [2.05, 4.69) is 0 Å². The second-order valence-corrected chi connectivity index (χ2v) is 7.02. The van der Waals surface area contributed by atoms with Gasteiger partial charge in [-0.15, -0.1) is 0 Å². The average molecular weight is 370 g/mol. The highest BCUT2D eigenvalue weighted by molar-refractivity contribution is 6.12. The molecule has 1 aliphatic heterocycles. The Kier molecular flexibility index (Phi) is 4.39. The molecule has 0 spiro atoms. The second kappa shape index (κ2) is 6.74. The summed E-state index contributed by atoms with van der Waals surface area (Å²) >= 11 is 0. The molecule has 0 bridgehead atoms. The van der Waals surface area contributed by atoms with E-state index >= 15 is 0 Å². The highest BCUT2D eigenvalue weighted by atomic mass is 16.6. The number of fused-ring (bicyclic) bond motifs is 3. The maximum absolute atomic E-state index is 12.8. The molecule has 27 heavy (non-hydrogen) atoms. The van der Waals surface area contributed by atoms with Crippen LogP contribution in [0.2, 0.25) is 0 Å². The van der Waals surface area contributed by atoms with Crippen LogP contribution >= 0.6 is 0 Å². The van der Waals surface area contributed by atoms with Crippen LogP contribution < -0.4 is 0 Å². The second-order valence-electron chi connectivity index (χ2n) is 7.02. The average Bonchev–Trinajstić information content (AvgIpc) is 3.17. The first-order valence-corrected chi connectivity index (χ1v) is 9.08. The molecule has 2 aromatic heterocycles. The third-order valence-corrected chi connectivity index (χ3v) is 4.62. The molecule has 3 heterocycles. The number of rotatable bonds is 2. The minimum absolute atomic E-state index is 0.196. The molecule has 1 aromatic carbocycles. The first-order valence-electron chi connectivity index (χ1n) is 9.08. The van der Waals surface area contributed by atoms with E-state index in [0.717, 1.165) is 10.9 Å². The quantitative estimate of drug-likeness (QED) is 0.690. The lowest BCUT2D eigenvalue weighted by atomic mass is 10.2. The number of hydrogen-bond donors (Lipinski definition) is 0. The summed E-state index contributed by atoms with van der Waals surface area (Å²) in [5.41, 5.74) is 2.78. The number of carbonyl (C=O) groups is 2. The summed E-state index contributed by atoms with van der Waals surface area (Å²) in [4.78, 5) is 27.2. The van der Waals surface area contributed by atoms with E-state index in [-0.39, 0.29) is 17.8 Å². The van der Waals surface area contributed by atoms with E-state index in [9.17, 15) is 9.59 Å². The molecule has 142 valence electrons. The summed E-state index contributed by atoms with van der Waals surface area (Å²) < 4.78 is 18.1. The Morgan fingerprint density at radius 1 is 1.11 bits per heavy atom. The van der Waals surface area contributed by atoms with Gasteiger partial charge in [0.1, 0.15) is 0 Å². The number of morpholine rings is 1. The fourth-order valence-electron chi connectivity index (χ4n) is 3.37. The van der Waals surface area contributed by atoms with Crippen molar-refractivity contribution in [3.8, 4) is 0 Å². The number of amides is 1. The fourth-order valence-corrected chi connectivity index (χ4v) is 3.37. The number of aromatic nitrogens is 1. The summed E-state index contributed by atoms with van der Waals surface area (Å²) in [6, 6.07) is 7.39. The number of nitrogens with zero attached hydrogens (tertiary/aromatic N) is 2. The Balaban J connectivity index is 1.84. The van der Waals surface area contributed by atoms with Gasteiger partial charge in [-0.2, -0.15) is 0 Å². The summed E-state index contributed by atoms with van der Waals surface area (Å²) in [5, 5.41) is 0.775. The zero-order valence-electron chi connectivity index (χ0n) is 15.7. The van der Waals surface area contributed by atoms with Crippen molar-refractivity contribution in [2.75, 3.05) is 26.3 Å². The van der Waals surface area contributed by atoms with Crippen LogP contribution in [0.3, 0.4) is 0 Å². The first-order chi connectivity index (χ1) is 13.0. The van der Waals surface area contributed by atoms with Crippen molar-refractivity contribution in [3.63, 3.8) is 0 Å². The summed E-state index contributed by atoms with van der Waals surface area (Å²) in [6.07, 6.45) is -0.738. The smallest absolute Gasteiger partial charge is 0.419 e. The molecule has 1 fully saturated rings. The Morgan fingerprint density at radius 3 is 2.56 bits per heavy atom. The molecule has 1 aliphatic rings. The molecular weight excluding hydrogens is 348 g/mol. The third kappa shape index (κ3) is 3.08. The molecule has 0 radical (unpaired) electrons. The van der Waals surface area contributed by atoms with Gasteiger partial charge in [-0.25, -0.2) is 9.36 Å². The number of hydrogen-bond acceptors (Lipinski definition) is 5. The maximum Gasteiger partial charge on any atom is 0.419 e. The van der Waals surface area contributed by atoms with Crippen molar-refractivity contribution in [1.29, 1.82) is 0 Å². The standard InChI is InChI=1S/C20H22N2O5/c1-12(2)26-20(24)22-15-10-13(3)4-5-14(15)18-16(22)11-17(27-18)19(23)21-6-8-25-9-7-21/h4-5,10-12H,6-9H2,1-3H3. The van der Waals surface area contributed by atoms with Crippen LogP contribution in [0.5, 0.6) is 0 Å². The van der Waals surface area contributed by atoms with Crippen LogP contribution in [0.4, 0.5) is 4.79 Å². The van der Waals surface area contributed by atoms with E-state index in [1.165, 1.54) is 4.57 Å². The Hall–Kier alpha value is -2.80. The maximum atomic E-state index is 12.8. The highest BCUT2D eigenvalue weighted by Gasteiger charge is 2.26. The fraction of sp³-hybridized carbons (Fsp3) is 0.400. The van der Waals surface area contributed by atoms with Gasteiger partial charge in [-0.05, 0) is 38.5 Å². The molecule has 0 aliphatic carbocycles. The molecule has 3 aromatic rings. The molecule has 4 rings (SSSR count). The van der Waals surface area contributed by atoms with E-state index in [4.69, 9.17) is 13.9 Å². The molecule has 7 nitrogen and oxygen atoms in total. The number of aryl methyl sites for hydroxylation is 1. The van der Waals surface area contributed by atoms with E-state index in [1.807, 2.05) is 25.1 Å². The Labute approximate surface area is 156 Å². The number of ether oxygens (including phenoxy) is 2. The van der Waals surface area contributed by atoms with Gasteiger partial charge >= 0.3 is 6.09 Å². The molecule has 0 N–H and O–H groups in total. The van der Waals surface area contributed by atoms with E-state index in [1.54, 1.807) is 24.8 Å². The van der Waals surface area contributed by atoms with Gasteiger partial charge in [0.15, 0.2) is 11.3 Å². The minimum Gasteiger partial charge on any atom is -0.449 e. The van der Waals surface area contributed by atoms with E-state index in [0.29, 0.717) is 42.9 Å². The van der Waals surface area contributed by atoms with Crippen LogP contribution in [0, 0.1) is 6.92 Å². The topological polar surface area (TPSA) is 73.9 Å². The molecule has 0 saturated carbocycles. The van der Waals surface area contributed by atoms with Crippen molar-refractivity contribution < 1.29 is 23.5 Å². The van der Waals surface area contributed by atoms with Gasteiger partial charge in [0.25, 0.3) is 5.91 Å². The van der Waals surface area contributed by atoms with Gasteiger partial charge in [0, 0.05) is 24.5 Å². The zero-order valence-corrected chi connectivity index (χ0v) is 15.7. The van der Waals surface area contributed by atoms with Gasteiger partial charge in [0.05, 0.1) is 30.4 Å². The summed E-state index contributed by atoms with van der Waals surface area (Å²) in [6.45, 7) is 7.64. The molecule has 0 unspecified atom stereocenters. The predicted molar refractivity (Wildman–Crippen MR) is 100 cm³/mol. The number of carbonyl (C=O) groups excluding carboxylic acids is 2. The normalized spacial score (nSPS) is 15.0. The molecule has 1 amide bonds. The lowest BCUT2D eigenvalue weighted by Crippen LogP contribution is -2.40. The van der Waals surface area contributed by atoms with Gasteiger partial charge in [-0.1, -0.05) is 6.07 Å². The summed E-state index contributed by atoms with van der Waals surface area (Å²) in [5.74, 6) is 0.0222. The van der Waals surface area contributed by atoms with Crippen LogP contribution in [-0.4, -0.2) is 53.9 Å². The number of benzene rings is 1. The minimum atomic E-state index is -0.484. The molecule has 0 atom stereocenters. The summed E-state index contributed by atoms with van der Waals surface area (Å²) in [7, 11) is 0. The van der Waals surface area contributed by atoms with Crippen LogP contribution in [0.15, 0.2) is 28.7 Å². The molecule has 1 saturated heterocycles. The van der Waals surface area contributed by atoms with Crippen LogP contribution in [-0.2, 0) is 9.47 Å². The molecular formula is C20H22N2O5. The first kappa shape index (κ1) is 17.6. The SMILES string of the molecule is Cc1ccc2c3oc(C(=O)N4CCOCC4)cc3n(C(=O)OC(C)C)c2c1. The highest BCUT2D eigenvalue weighted by Crippen LogP contribution is 2.33. The van der Waals surface area contributed by atoms with Gasteiger partial charge in [-0.3, -0.25) is 4.79 Å². The Morgan fingerprint density at radius 2 is 1.85 bits per heavy atom. The van der Waals surface area contributed by atoms with Crippen molar-refractivity contribution in [2.45, 2.75) is 26.9 Å². The van der Waals surface area contributed by atoms with Crippen molar-refractivity contribution in [1.82, 2.24) is 9.47 Å². The third-order valence-electron chi connectivity index (χ3n) is 4.62. The lowest BCUT2D eigenvalue weighted by molar-refractivity contribution is 0.0284. The number of furan rings is 1. The van der Waals surface area contributed by atoms with Crippen LogP contribution in [0.25, 0.3) is 22.0 Å². The van der Waals surface area contributed by atoms with Gasteiger partial charge < -0.3 is 18.8 Å². The molecule has 7 heteroatoms. The predicted octanol–water partition coefficient (Wildman–Crippen LogP) is 3.56. The van der Waals surface area contributed by atoms with Crippen molar-refractivity contribution >= 4 is 34.0 Å². The van der Waals surface area contributed by atoms with Crippen molar-refractivity contribution in [3.05, 3.63) is 35.6 Å². The zero-order chi connectivity index (χ0) is 19.1. The monoisotopic (exact) mass is 370 g/mol. The van der Waals surface area contributed by atoms with E-state index < -0.39 is 6.09 Å². The largest absolute Gasteiger partial charge is 0.449 e. The van der Waals surface area contributed by atoms with Crippen molar-refractivity contribution in [2.24, 2.45) is 0 Å². The van der Waals surface area contributed by atoms with Gasteiger partial charge in [0.2, 0.25) is 0 Å². The van der Waals surface area contributed by atoms with Crippen LogP contribution in [0.1, 0.15) is 30.0 Å². The Bertz CT molecular complexity index is 1020. The lowest BCUT2D eigenvalue weighted by Gasteiger charge is -2.25.